The minimum atomic E-state index is -0.896. The van der Waals surface area contributed by atoms with Crippen LogP contribution in [0.2, 0.25) is 0 Å². The van der Waals surface area contributed by atoms with E-state index >= 15 is 0 Å². The minimum Gasteiger partial charge on any atom is -0.495 e. The van der Waals surface area contributed by atoms with E-state index in [1.165, 1.54) is 0 Å². The van der Waals surface area contributed by atoms with Gasteiger partial charge in [0.25, 0.3) is 5.91 Å². The van der Waals surface area contributed by atoms with E-state index in [2.05, 4.69) is 11.8 Å². The second kappa shape index (κ2) is 8.78. The summed E-state index contributed by atoms with van der Waals surface area (Å²) in [7, 11) is -0.896. The minimum absolute atomic E-state index is 0.0682. The molecular formula is C22H23BN2O5. The number of piperidine rings is 1. The highest BCUT2D eigenvalue weighted by Crippen LogP contribution is 2.34. The fraction of sp³-hybridized carbons (Fsp3) is 0.364. The SMILES string of the molecule is [C-]#[N+]c1ccc(Oc2ccc3c(c2)COB3O)cc1OCC(=O)N1CCC(C)CC1. The van der Waals surface area contributed by atoms with Crippen LogP contribution in [0.5, 0.6) is 17.2 Å². The van der Waals surface area contributed by atoms with Gasteiger partial charge >= 0.3 is 7.12 Å². The number of nitrogens with zero attached hydrogens (tertiary/aromatic N) is 2. The average Bonchev–Trinajstić information content (AvgIpc) is 3.13. The lowest BCUT2D eigenvalue weighted by Gasteiger charge is -2.30. The lowest BCUT2D eigenvalue weighted by Crippen LogP contribution is -2.40. The van der Waals surface area contributed by atoms with E-state index in [1.807, 2.05) is 11.0 Å². The topological polar surface area (TPSA) is 72.6 Å². The van der Waals surface area contributed by atoms with Crippen LogP contribution in [-0.2, 0) is 16.1 Å². The van der Waals surface area contributed by atoms with Crippen molar-refractivity contribution in [2.24, 2.45) is 5.92 Å². The highest BCUT2D eigenvalue weighted by molar-refractivity contribution is 6.61. The molecule has 2 aliphatic heterocycles. The van der Waals surface area contributed by atoms with Gasteiger partial charge in [0.2, 0.25) is 5.69 Å². The molecule has 4 rings (SSSR count). The Labute approximate surface area is 176 Å². The monoisotopic (exact) mass is 406 g/mol. The molecule has 0 saturated carbocycles. The zero-order valence-electron chi connectivity index (χ0n) is 16.8. The number of hydrogen-bond donors (Lipinski definition) is 1. The van der Waals surface area contributed by atoms with E-state index in [0.29, 0.717) is 35.5 Å². The van der Waals surface area contributed by atoms with Crippen LogP contribution in [-0.4, -0.2) is 42.6 Å². The summed E-state index contributed by atoms with van der Waals surface area (Å²) >= 11 is 0. The van der Waals surface area contributed by atoms with Crippen LogP contribution in [0.25, 0.3) is 4.85 Å². The number of rotatable bonds is 5. The van der Waals surface area contributed by atoms with Gasteiger partial charge in [-0.05, 0) is 54.1 Å². The summed E-state index contributed by atoms with van der Waals surface area (Å²) in [6, 6.07) is 10.3. The van der Waals surface area contributed by atoms with Crippen molar-refractivity contribution >= 4 is 24.2 Å². The number of amides is 1. The van der Waals surface area contributed by atoms with Gasteiger partial charge in [-0.15, -0.1) is 0 Å². The molecule has 2 heterocycles. The van der Waals surface area contributed by atoms with Crippen LogP contribution in [0.1, 0.15) is 25.3 Å². The molecule has 1 N–H and O–H groups in total. The Morgan fingerprint density at radius 2 is 2.00 bits per heavy atom. The van der Waals surface area contributed by atoms with Gasteiger partial charge in [-0.3, -0.25) is 4.79 Å². The molecule has 0 unspecified atom stereocenters. The summed E-state index contributed by atoms with van der Waals surface area (Å²) in [5.74, 6) is 1.98. The van der Waals surface area contributed by atoms with Crippen LogP contribution < -0.4 is 14.9 Å². The molecule has 0 atom stereocenters. The molecule has 1 saturated heterocycles. The molecule has 0 spiro atoms. The third kappa shape index (κ3) is 4.43. The fourth-order valence-corrected chi connectivity index (χ4v) is 3.66. The Bertz CT molecular complexity index is 982. The van der Waals surface area contributed by atoms with E-state index in [1.54, 1.807) is 30.3 Å². The molecule has 7 nitrogen and oxygen atoms in total. The molecule has 154 valence electrons. The van der Waals surface area contributed by atoms with Gasteiger partial charge in [-0.2, -0.15) is 0 Å². The maximum Gasteiger partial charge on any atom is 0.491 e. The highest BCUT2D eigenvalue weighted by atomic mass is 16.5. The van der Waals surface area contributed by atoms with Crippen molar-refractivity contribution in [3.8, 4) is 17.2 Å². The summed E-state index contributed by atoms with van der Waals surface area (Å²) in [6.07, 6.45) is 2.01. The Morgan fingerprint density at radius 3 is 2.77 bits per heavy atom. The van der Waals surface area contributed by atoms with E-state index in [-0.39, 0.29) is 12.5 Å². The smallest absolute Gasteiger partial charge is 0.491 e. The molecule has 30 heavy (non-hydrogen) atoms. The van der Waals surface area contributed by atoms with Gasteiger partial charge in [0, 0.05) is 19.2 Å². The zero-order chi connectivity index (χ0) is 21.1. The molecular weight excluding hydrogens is 383 g/mol. The van der Waals surface area contributed by atoms with Gasteiger partial charge in [0.1, 0.15) is 17.2 Å². The van der Waals surface area contributed by atoms with E-state index in [0.717, 1.165) is 37.0 Å². The van der Waals surface area contributed by atoms with Crippen molar-refractivity contribution in [1.82, 2.24) is 4.90 Å². The maximum atomic E-state index is 12.4. The van der Waals surface area contributed by atoms with Crippen molar-refractivity contribution in [2.75, 3.05) is 19.7 Å². The molecule has 0 aromatic heterocycles. The van der Waals surface area contributed by atoms with E-state index in [9.17, 15) is 9.82 Å². The zero-order valence-corrected chi connectivity index (χ0v) is 16.8. The van der Waals surface area contributed by atoms with E-state index < -0.39 is 7.12 Å². The van der Waals surface area contributed by atoms with Crippen LogP contribution in [0.15, 0.2) is 36.4 Å². The number of benzene rings is 2. The quantitative estimate of drug-likeness (QED) is 0.611. The van der Waals surface area contributed by atoms with Gasteiger partial charge in [-0.1, -0.05) is 13.0 Å². The molecule has 0 radical (unpaired) electrons. The number of likely N-dealkylation sites (tertiary alicyclic amines) is 1. The summed E-state index contributed by atoms with van der Waals surface area (Å²) < 4.78 is 16.8. The van der Waals surface area contributed by atoms with Crippen molar-refractivity contribution in [1.29, 1.82) is 0 Å². The van der Waals surface area contributed by atoms with Gasteiger partial charge in [-0.25, -0.2) is 4.85 Å². The largest absolute Gasteiger partial charge is 0.495 e. The third-order valence-corrected chi connectivity index (χ3v) is 5.55. The molecule has 2 aromatic rings. The summed E-state index contributed by atoms with van der Waals surface area (Å²) in [4.78, 5) is 17.7. The molecule has 0 aliphatic carbocycles. The summed E-state index contributed by atoms with van der Waals surface area (Å²) in [5.41, 5.74) is 1.93. The lowest BCUT2D eigenvalue weighted by molar-refractivity contribution is -0.134. The Balaban J connectivity index is 1.43. The summed E-state index contributed by atoms with van der Waals surface area (Å²) in [5, 5.41) is 9.73. The van der Waals surface area contributed by atoms with Crippen LogP contribution in [0, 0.1) is 12.5 Å². The highest BCUT2D eigenvalue weighted by Gasteiger charge is 2.27. The number of carbonyl (C=O) groups is 1. The van der Waals surface area contributed by atoms with Crippen molar-refractivity contribution < 1.29 is 23.9 Å². The Morgan fingerprint density at radius 1 is 1.27 bits per heavy atom. The first-order valence-corrected chi connectivity index (χ1v) is 10.1. The second-order valence-corrected chi connectivity index (χ2v) is 7.72. The first-order valence-electron chi connectivity index (χ1n) is 10.1. The van der Waals surface area contributed by atoms with Gasteiger partial charge in [0.15, 0.2) is 6.61 Å². The first-order chi connectivity index (χ1) is 14.5. The Hall–Kier alpha value is -3.02. The molecule has 2 aromatic carbocycles. The third-order valence-electron chi connectivity index (χ3n) is 5.55. The predicted molar refractivity (Wildman–Crippen MR) is 112 cm³/mol. The predicted octanol–water partition coefficient (Wildman–Crippen LogP) is 2.88. The Kier molecular flexibility index (Phi) is 5.93. The normalized spacial score (nSPS) is 16.2. The van der Waals surface area contributed by atoms with Crippen molar-refractivity contribution in [3.05, 3.63) is 53.4 Å². The van der Waals surface area contributed by atoms with Crippen LogP contribution >= 0.6 is 0 Å². The number of hydrogen-bond acceptors (Lipinski definition) is 5. The van der Waals surface area contributed by atoms with Crippen LogP contribution in [0.3, 0.4) is 0 Å². The molecule has 8 heteroatoms. The average molecular weight is 406 g/mol. The molecule has 1 fully saturated rings. The second-order valence-electron chi connectivity index (χ2n) is 7.72. The molecule has 1 amide bonds. The number of carbonyl (C=O) groups excluding carboxylic acids is 1. The van der Waals surface area contributed by atoms with Crippen molar-refractivity contribution in [3.63, 3.8) is 0 Å². The number of ether oxygens (including phenoxy) is 2. The fourth-order valence-electron chi connectivity index (χ4n) is 3.66. The van der Waals surface area contributed by atoms with Crippen LogP contribution in [0.4, 0.5) is 5.69 Å². The van der Waals surface area contributed by atoms with Gasteiger partial charge < -0.3 is 24.1 Å². The van der Waals surface area contributed by atoms with Gasteiger partial charge in [0.05, 0.1) is 13.2 Å². The number of fused-ring (bicyclic) bond motifs is 1. The van der Waals surface area contributed by atoms with Crippen molar-refractivity contribution in [2.45, 2.75) is 26.4 Å². The first kappa shape index (κ1) is 20.3. The summed E-state index contributed by atoms with van der Waals surface area (Å²) in [6.45, 7) is 11.3. The van der Waals surface area contributed by atoms with E-state index in [4.69, 9.17) is 20.7 Å². The standard InChI is InChI=1S/C22H23BN2O5/c1-15-7-9-25(10-8-15)22(26)14-28-21-12-18(4-6-20(21)24-2)30-17-3-5-19-16(11-17)13-29-23(19)27/h3-6,11-12,15,27H,7-10,13-14H2,1H3. The maximum absolute atomic E-state index is 12.4. The molecule has 2 aliphatic rings. The molecule has 0 bridgehead atoms. The lowest BCUT2D eigenvalue weighted by atomic mass is 9.80.